The van der Waals surface area contributed by atoms with Gasteiger partial charge in [-0.2, -0.15) is 0 Å². The van der Waals surface area contributed by atoms with Crippen LogP contribution in [0.4, 0.5) is 4.39 Å². The fourth-order valence-electron chi connectivity index (χ4n) is 1.18. The number of ether oxygens (including phenoxy) is 1. The van der Waals surface area contributed by atoms with Gasteiger partial charge in [-0.1, -0.05) is 22.9 Å². The van der Waals surface area contributed by atoms with Crippen molar-refractivity contribution in [2.24, 2.45) is 5.84 Å². The van der Waals surface area contributed by atoms with Crippen molar-refractivity contribution in [2.75, 3.05) is 0 Å². The van der Waals surface area contributed by atoms with Gasteiger partial charge in [-0.25, -0.2) is 10.2 Å². The van der Waals surface area contributed by atoms with Gasteiger partial charge in [0.1, 0.15) is 11.6 Å². The van der Waals surface area contributed by atoms with Crippen LogP contribution in [0, 0.1) is 5.82 Å². The van der Waals surface area contributed by atoms with Gasteiger partial charge >= 0.3 is 0 Å². The Kier molecular flexibility index (Phi) is 4.70. The van der Waals surface area contributed by atoms with E-state index in [9.17, 15) is 9.18 Å². The second kappa shape index (κ2) is 5.81. The predicted molar refractivity (Wildman–Crippen MR) is 61.1 cm³/mol. The van der Waals surface area contributed by atoms with Crippen molar-refractivity contribution in [2.45, 2.75) is 19.4 Å². The molecule has 1 aromatic carbocycles. The van der Waals surface area contributed by atoms with Crippen LogP contribution in [0.2, 0.25) is 0 Å². The summed E-state index contributed by atoms with van der Waals surface area (Å²) in [6.07, 6.45) is -0.282. The first-order valence-corrected chi connectivity index (χ1v) is 5.49. The first-order chi connectivity index (χ1) is 7.56. The molecule has 0 spiro atoms. The highest BCUT2D eigenvalue weighted by atomic mass is 79.9. The Labute approximate surface area is 101 Å². The zero-order valence-electron chi connectivity index (χ0n) is 8.67. The zero-order chi connectivity index (χ0) is 12.1. The molecule has 0 radical (unpaired) electrons. The number of hydrogen-bond acceptors (Lipinski definition) is 3. The van der Waals surface area contributed by atoms with Crippen molar-refractivity contribution in [1.29, 1.82) is 0 Å². The summed E-state index contributed by atoms with van der Waals surface area (Å²) in [6.45, 7) is 1.77. The quantitative estimate of drug-likeness (QED) is 0.504. The minimum absolute atomic E-state index is 0.280. The van der Waals surface area contributed by atoms with Crippen LogP contribution in [-0.4, -0.2) is 12.0 Å². The highest BCUT2D eigenvalue weighted by molar-refractivity contribution is 9.10. The Hall–Kier alpha value is -1.14. The molecule has 16 heavy (non-hydrogen) atoms. The molecule has 0 aromatic heterocycles. The highest BCUT2D eigenvalue weighted by Crippen LogP contribution is 2.22. The maximum absolute atomic E-state index is 13.0. The van der Waals surface area contributed by atoms with E-state index in [4.69, 9.17) is 10.6 Å². The molecule has 0 saturated carbocycles. The van der Waals surface area contributed by atoms with Crippen molar-refractivity contribution >= 4 is 21.8 Å². The molecule has 0 heterocycles. The molecule has 0 aliphatic carbocycles. The van der Waals surface area contributed by atoms with E-state index in [0.29, 0.717) is 10.9 Å². The number of hydrazine groups is 1. The molecular formula is C10H12BrFN2O2. The van der Waals surface area contributed by atoms with Gasteiger partial charge in [0.15, 0.2) is 6.10 Å². The standard InChI is InChI=1S/C10H12BrFN2O2/c1-2-9(10(15)14-13)16-8-4-6(11)3-7(12)5-8/h3-5,9H,2,13H2,1H3,(H,14,15). The average Bonchev–Trinajstić information content (AvgIpc) is 2.23. The molecule has 0 aliphatic rings. The van der Waals surface area contributed by atoms with E-state index in [1.807, 2.05) is 5.43 Å². The summed E-state index contributed by atoms with van der Waals surface area (Å²) in [5.41, 5.74) is 2.00. The fraction of sp³-hybridized carbons (Fsp3) is 0.300. The van der Waals surface area contributed by atoms with Gasteiger partial charge in [0.25, 0.3) is 5.91 Å². The lowest BCUT2D eigenvalue weighted by atomic mass is 10.2. The van der Waals surface area contributed by atoms with Gasteiger partial charge in [0, 0.05) is 10.5 Å². The number of nitrogens with two attached hydrogens (primary N) is 1. The summed E-state index contributed by atoms with van der Waals surface area (Å²) in [4.78, 5) is 11.3. The van der Waals surface area contributed by atoms with Crippen molar-refractivity contribution < 1.29 is 13.9 Å². The van der Waals surface area contributed by atoms with Crippen LogP contribution in [0.25, 0.3) is 0 Å². The van der Waals surface area contributed by atoms with Crippen molar-refractivity contribution in [3.8, 4) is 5.75 Å². The minimum atomic E-state index is -0.723. The molecule has 0 saturated heterocycles. The first kappa shape index (κ1) is 12.9. The largest absolute Gasteiger partial charge is 0.480 e. The fourth-order valence-corrected chi connectivity index (χ4v) is 1.62. The third-order valence-corrected chi connectivity index (χ3v) is 2.38. The summed E-state index contributed by atoms with van der Waals surface area (Å²) in [6, 6.07) is 4.09. The van der Waals surface area contributed by atoms with E-state index < -0.39 is 17.8 Å². The molecule has 1 atom stereocenters. The Bertz CT molecular complexity index is 367. The Morgan fingerprint density at radius 2 is 2.31 bits per heavy atom. The van der Waals surface area contributed by atoms with Crippen LogP contribution < -0.4 is 16.0 Å². The molecule has 88 valence electrons. The molecule has 3 N–H and O–H groups in total. The van der Waals surface area contributed by atoms with Gasteiger partial charge in [-0.05, 0) is 18.6 Å². The molecule has 4 nitrogen and oxygen atoms in total. The second-order valence-electron chi connectivity index (χ2n) is 3.13. The minimum Gasteiger partial charge on any atom is -0.480 e. The molecule has 0 aliphatic heterocycles. The molecule has 1 amide bonds. The normalized spacial score (nSPS) is 12.0. The number of carbonyl (C=O) groups excluding carboxylic acids is 1. The smallest absolute Gasteiger partial charge is 0.274 e. The van der Waals surface area contributed by atoms with Gasteiger partial charge < -0.3 is 4.74 Å². The van der Waals surface area contributed by atoms with E-state index in [-0.39, 0.29) is 5.75 Å². The highest BCUT2D eigenvalue weighted by Gasteiger charge is 2.17. The van der Waals surface area contributed by atoms with Crippen LogP contribution in [-0.2, 0) is 4.79 Å². The van der Waals surface area contributed by atoms with Crippen LogP contribution in [0.5, 0.6) is 5.75 Å². The van der Waals surface area contributed by atoms with E-state index in [0.717, 1.165) is 0 Å². The molecule has 0 fully saturated rings. The lowest BCUT2D eigenvalue weighted by molar-refractivity contribution is -0.128. The number of benzene rings is 1. The van der Waals surface area contributed by atoms with Crippen LogP contribution in [0.3, 0.4) is 0 Å². The summed E-state index contributed by atoms with van der Waals surface area (Å²) in [5, 5.41) is 0. The molecule has 6 heteroatoms. The Morgan fingerprint density at radius 3 is 2.81 bits per heavy atom. The first-order valence-electron chi connectivity index (χ1n) is 4.70. The van der Waals surface area contributed by atoms with E-state index >= 15 is 0 Å². The third-order valence-electron chi connectivity index (χ3n) is 1.92. The van der Waals surface area contributed by atoms with Crippen molar-refractivity contribution in [3.63, 3.8) is 0 Å². The maximum atomic E-state index is 13.0. The number of nitrogens with one attached hydrogen (secondary N) is 1. The number of hydrogen-bond donors (Lipinski definition) is 2. The number of amides is 1. The summed E-state index contributed by atoms with van der Waals surface area (Å²) >= 11 is 3.13. The van der Waals surface area contributed by atoms with Gasteiger partial charge in [-0.15, -0.1) is 0 Å². The van der Waals surface area contributed by atoms with E-state index in [2.05, 4.69) is 15.9 Å². The van der Waals surface area contributed by atoms with E-state index in [1.165, 1.54) is 12.1 Å². The van der Waals surface area contributed by atoms with Crippen LogP contribution in [0.1, 0.15) is 13.3 Å². The van der Waals surface area contributed by atoms with Crippen molar-refractivity contribution in [1.82, 2.24) is 5.43 Å². The molecule has 1 rings (SSSR count). The summed E-state index contributed by atoms with van der Waals surface area (Å²) < 4.78 is 18.9. The SMILES string of the molecule is CCC(Oc1cc(F)cc(Br)c1)C(=O)NN. The lowest BCUT2D eigenvalue weighted by Crippen LogP contribution is -2.41. The molecular weight excluding hydrogens is 279 g/mol. The molecule has 0 bridgehead atoms. The number of carbonyl (C=O) groups is 1. The van der Waals surface area contributed by atoms with Gasteiger partial charge in [0.05, 0.1) is 0 Å². The van der Waals surface area contributed by atoms with Crippen LogP contribution in [0.15, 0.2) is 22.7 Å². The monoisotopic (exact) mass is 290 g/mol. The van der Waals surface area contributed by atoms with Gasteiger partial charge in [-0.3, -0.25) is 10.2 Å². The molecule has 1 unspecified atom stereocenters. The topological polar surface area (TPSA) is 64.3 Å². The lowest BCUT2D eigenvalue weighted by Gasteiger charge is -2.15. The maximum Gasteiger partial charge on any atom is 0.274 e. The number of halogens is 2. The summed E-state index contributed by atoms with van der Waals surface area (Å²) in [5.74, 6) is 4.40. The number of rotatable bonds is 4. The zero-order valence-corrected chi connectivity index (χ0v) is 10.3. The predicted octanol–water partition coefficient (Wildman–Crippen LogP) is 1.74. The Balaban J connectivity index is 2.81. The van der Waals surface area contributed by atoms with Gasteiger partial charge in [0.2, 0.25) is 0 Å². The van der Waals surface area contributed by atoms with E-state index in [1.54, 1.807) is 13.0 Å². The molecule has 1 aromatic rings. The average molecular weight is 291 g/mol. The second-order valence-corrected chi connectivity index (χ2v) is 4.04. The Morgan fingerprint density at radius 1 is 1.62 bits per heavy atom. The summed E-state index contributed by atoms with van der Waals surface area (Å²) in [7, 11) is 0. The third kappa shape index (κ3) is 3.46. The van der Waals surface area contributed by atoms with Crippen LogP contribution >= 0.6 is 15.9 Å². The van der Waals surface area contributed by atoms with Crippen molar-refractivity contribution in [3.05, 3.63) is 28.5 Å².